The van der Waals surface area contributed by atoms with Crippen LogP contribution in [0.15, 0.2) is 54.6 Å². The summed E-state index contributed by atoms with van der Waals surface area (Å²) < 4.78 is 11.6. The summed E-state index contributed by atoms with van der Waals surface area (Å²) in [5.74, 6) is 1.78. The Hall–Kier alpha value is -2.00. The third kappa shape index (κ3) is 8.59. The van der Waals surface area contributed by atoms with Crippen molar-refractivity contribution in [1.82, 2.24) is 5.32 Å². The highest BCUT2D eigenvalue weighted by Crippen LogP contribution is 2.19. The summed E-state index contributed by atoms with van der Waals surface area (Å²) in [6, 6.07) is 18.7. The highest BCUT2D eigenvalue weighted by Gasteiger charge is 1.98. The Balaban J connectivity index is 1.56. The minimum atomic E-state index is 0.586. The van der Waals surface area contributed by atoms with Crippen LogP contribution in [0.5, 0.6) is 11.5 Å². The van der Waals surface area contributed by atoms with Gasteiger partial charge >= 0.3 is 0 Å². The molecule has 25 heavy (non-hydrogen) atoms. The second kappa shape index (κ2) is 11.5. The summed E-state index contributed by atoms with van der Waals surface area (Å²) in [5, 5.41) is 3.45. The number of hydrogen-bond acceptors (Lipinski definition) is 3. The number of ether oxygens (including phenoxy) is 2. The van der Waals surface area contributed by atoms with Gasteiger partial charge in [-0.25, -0.2) is 0 Å². The molecule has 0 aliphatic heterocycles. The summed E-state index contributed by atoms with van der Waals surface area (Å²) in [5.41, 5.74) is 1.17. The molecule has 3 heteroatoms. The molecule has 2 aromatic rings. The number of benzene rings is 2. The maximum atomic E-state index is 5.80. The third-order valence-corrected chi connectivity index (χ3v) is 3.96. The molecule has 0 unspecified atom stereocenters. The van der Waals surface area contributed by atoms with E-state index in [9.17, 15) is 0 Å². The van der Waals surface area contributed by atoms with E-state index in [1.807, 2.05) is 42.5 Å². The Labute approximate surface area is 152 Å². The number of rotatable bonds is 12. The zero-order chi connectivity index (χ0) is 17.7. The van der Waals surface area contributed by atoms with Crippen molar-refractivity contribution in [1.29, 1.82) is 0 Å². The first-order chi connectivity index (χ1) is 12.2. The van der Waals surface area contributed by atoms with Gasteiger partial charge in [0.05, 0.1) is 6.61 Å². The monoisotopic (exact) mass is 341 g/mol. The van der Waals surface area contributed by atoms with Gasteiger partial charge in [0.2, 0.25) is 0 Å². The van der Waals surface area contributed by atoms with Crippen LogP contribution in [0.25, 0.3) is 0 Å². The molecule has 0 fully saturated rings. The van der Waals surface area contributed by atoms with Crippen LogP contribution in [0.3, 0.4) is 0 Å². The van der Waals surface area contributed by atoms with Crippen molar-refractivity contribution >= 4 is 0 Å². The molecule has 0 saturated carbocycles. The molecule has 2 rings (SSSR count). The van der Waals surface area contributed by atoms with Crippen LogP contribution >= 0.6 is 0 Å². The first-order valence-corrected chi connectivity index (χ1v) is 9.37. The highest BCUT2D eigenvalue weighted by molar-refractivity contribution is 5.31. The van der Waals surface area contributed by atoms with Crippen LogP contribution < -0.4 is 14.8 Å². The van der Waals surface area contributed by atoms with Crippen molar-refractivity contribution in [2.45, 2.75) is 52.2 Å². The topological polar surface area (TPSA) is 30.5 Å². The summed E-state index contributed by atoms with van der Waals surface area (Å²) in [6.45, 7) is 6.86. The highest BCUT2D eigenvalue weighted by atomic mass is 16.5. The molecule has 2 aromatic carbocycles. The van der Waals surface area contributed by atoms with Crippen molar-refractivity contribution in [3.05, 3.63) is 60.2 Å². The van der Waals surface area contributed by atoms with Gasteiger partial charge in [0.25, 0.3) is 0 Å². The van der Waals surface area contributed by atoms with E-state index in [1.165, 1.54) is 24.8 Å². The van der Waals surface area contributed by atoms with Crippen LogP contribution in [0.2, 0.25) is 0 Å². The molecular weight excluding hydrogens is 310 g/mol. The molecule has 0 amide bonds. The Bertz CT molecular complexity index is 566. The predicted octanol–water partition coefficient (Wildman–Crippen LogP) is 5.20. The van der Waals surface area contributed by atoms with Crippen molar-refractivity contribution < 1.29 is 9.47 Å². The molecule has 3 nitrogen and oxygen atoms in total. The van der Waals surface area contributed by atoms with Gasteiger partial charge in [-0.15, -0.1) is 0 Å². The van der Waals surface area contributed by atoms with Gasteiger partial charge in [-0.2, -0.15) is 0 Å². The summed E-state index contributed by atoms with van der Waals surface area (Å²) in [6.07, 6.45) is 4.83. The van der Waals surface area contributed by atoms with E-state index < -0.39 is 0 Å². The fourth-order valence-electron chi connectivity index (χ4n) is 2.53. The lowest BCUT2D eigenvalue weighted by atomic mass is 10.2. The molecular formula is C22H31NO2. The second-order valence-corrected chi connectivity index (χ2v) is 6.62. The largest absolute Gasteiger partial charge is 0.494 e. The van der Waals surface area contributed by atoms with E-state index in [0.29, 0.717) is 12.6 Å². The molecule has 0 aliphatic rings. The predicted molar refractivity (Wildman–Crippen MR) is 104 cm³/mol. The minimum Gasteiger partial charge on any atom is -0.494 e. The Morgan fingerprint density at radius 2 is 1.40 bits per heavy atom. The molecule has 1 N–H and O–H groups in total. The fraction of sp³-hybridized carbons (Fsp3) is 0.455. The zero-order valence-electron chi connectivity index (χ0n) is 15.5. The van der Waals surface area contributed by atoms with Crippen LogP contribution in [0.4, 0.5) is 0 Å². The van der Waals surface area contributed by atoms with Gasteiger partial charge in [0.15, 0.2) is 0 Å². The minimum absolute atomic E-state index is 0.586. The summed E-state index contributed by atoms with van der Waals surface area (Å²) in [4.78, 5) is 0. The molecule has 0 aliphatic carbocycles. The molecule has 0 radical (unpaired) electrons. The smallest absolute Gasteiger partial charge is 0.120 e. The van der Waals surface area contributed by atoms with Crippen LogP contribution in [-0.2, 0) is 6.61 Å². The quantitative estimate of drug-likeness (QED) is 0.538. The van der Waals surface area contributed by atoms with Crippen molar-refractivity contribution in [3.63, 3.8) is 0 Å². The molecule has 0 bridgehead atoms. The van der Waals surface area contributed by atoms with E-state index in [0.717, 1.165) is 31.1 Å². The normalized spacial score (nSPS) is 10.8. The van der Waals surface area contributed by atoms with Crippen molar-refractivity contribution in [2.24, 2.45) is 0 Å². The maximum Gasteiger partial charge on any atom is 0.120 e. The van der Waals surface area contributed by atoms with Crippen molar-refractivity contribution in [2.75, 3.05) is 13.2 Å². The van der Waals surface area contributed by atoms with Crippen LogP contribution in [-0.4, -0.2) is 19.2 Å². The van der Waals surface area contributed by atoms with Gasteiger partial charge < -0.3 is 14.8 Å². The average molecular weight is 341 g/mol. The third-order valence-electron chi connectivity index (χ3n) is 3.96. The van der Waals surface area contributed by atoms with Crippen LogP contribution in [0, 0.1) is 0 Å². The van der Waals surface area contributed by atoms with Gasteiger partial charge in [-0.3, -0.25) is 0 Å². The molecule has 0 spiro atoms. The first kappa shape index (κ1) is 19.3. The Morgan fingerprint density at radius 3 is 2.08 bits per heavy atom. The van der Waals surface area contributed by atoms with E-state index in [-0.39, 0.29) is 0 Å². The average Bonchev–Trinajstić information content (AvgIpc) is 2.64. The summed E-state index contributed by atoms with van der Waals surface area (Å²) >= 11 is 0. The zero-order valence-corrected chi connectivity index (χ0v) is 15.5. The number of unbranched alkanes of at least 4 members (excludes halogenated alkanes) is 3. The van der Waals surface area contributed by atoms with E-state index >= 15 is 0 Å². The standard InChI is InChI=1S/C22H31NO2/c1-19(2)23-16-8-3-4-9-17-24-21-12-14-22(15-13-21)25-18-20-10-6-5-7-11-20/h5-7,10-15,19,23H,3-4,8-9,16-18H2,1-2H3. The molecule has 136 valence electrons. The van der Waals surface area contributed by atoms with Gasteiger partial charge in [0.1, 0.15) is 18.1 Å². The lowest BCUT2D eigenvalue weighted by Crippen LogP contribution is -2.23. The van der Waals surface area contributed by atoms with Gasteiger partial charge in [-0.05, 0) is 49.2 Å². The Morgan fingerprint density at radius 1 is 0.760 bits per heavy atom. The number of hydrogen-bond donors (Lipinski definition) is 1. The fourth-order valence-corrected chi connectivity index (χ4v) is 2.53. The molecule has 0 aromatic heterocycles. The molecule has 0 atom stereocenters. The van der Waals surface area contributed by atoms with Gasteiger partial charge in [0, 0.05) is 6.04 Å². The van der Waals surface area contributed by atoms with Crippen molar-refractivity contribution in [3.8, 4) is 11.5 Å². The molecule has 0 heterocycles. The SMILES string of the molecule is CC(C)NCCCCCCOc1ccc(OCc2ccccc2)cc1. The number of nitrogens with one attached hydrogen (secondary N) is 1. The van der Waals surface area contributed by atoms with E-state index in [2.05, 4.69) is 31.3 Å². The maximum absolute atomic E-state index is 5.80. The van der Waals surface area contributed by atoms with Crippen LogP contribution in [0.1, 0.15) is 45.1 Å². The lowest BCUT2D eigenvalue weighted by Gasteiger charge is -2.09. The molecule has 0 saturated heterocycles. The lowest BCUT2D eigenvalue weighted by molar-refractivity contribution is 0.296. The summed E-state index contributed by atoms with van der Waals surface area (Å²) in [7, 11) is 0. The first-order valence-electron chi connectivity index (χ1n) is 9.37. The van der Waals surface area contributed by atoms with E-state index in [4.69, 9.17) is 9.47 Å². The van der Waals surface area contributed by atoms with E-state index in [1.54, 1.807) is 0 Å². The second-order valence-electron chi connectivity index (χ2n) is 6.62. The van der Waals surface area contributed by atoms with Gasteiger partial charge in [-0.1, -0.05) is 57.0 Å². The Kier molecular flexibility index (Phi) is 8.92.